The van der Waals surface area contributed by atoms with Crippen molar-refractivity contribution in [2.45, 2.75) is 62.0 Å². The number of aliphatic hydroxyl groups is 1. The third-order valence-electron chi connectivity index (χ3n) is 9.00. The number of hydrogen-bond acceptors (Lipinski definition) is 5. The number of hydrogen-bond donors (Lipinski definition) is 1. The van der Waals surface area contributed by atoms with Crippen molar-refractivity contribution in [2.24, 2.45) is 5.92 Å². The van der Waals surface area contributed by atoms with Gasteiger partial charge in [-0.1, -0.05) is 12.1 Å². The van der Waals surface area contributed by atoms with E-state index in [2.05, 4.69) is 45.5 Å². The van der Waals surface area contributed by atoms with Gasteiger partial charge in [-0.15, -0.1) is 11.3 Å². The molecule has 2 saturated heterocycles. The highest BCUT2D eigenvalue weighted by Crippen LogP contribution is 2.56. The number of nitrogens with zero attached hydrogens (tertiary/aromatic N) is 2. The number of likely N-dealkylation sites (tertiary alicyclic amines) is 2. The summed E-state index contributed by atoms with van der Waals surface area (Å²) < 4.78 is 5.64. The van der Waals surface area contributed by atoms with E-state index in [0.717, 1.165) is 70.0 Å². The predicted molar refractivity (Wildman–Crippen MR) is 130 cm³/mol. The van der Waals surface area contributed by atoms with Gasteiger partial charge < -0.3 is 14.7 Å². The van der Waals surface area contributed by atoms with E-state index in [0.29, 0.717) is 0 Å². The maximum atomic E-state index is 12.6. The van der Waals surface area contributed by atoms with Crippen molar-refractivity contribution in [1.82, 2.24) is 9.80 Å². The van der Waals surface area contributed by atoms with Crippen LogP contribution in [0.4, 0.5) is 0 Å². The van der Waals surface area contributed by atoms with E-state index in [1.165, 1.54) is 35.4 Å². The maximum absolute atomic E-state index is 12.6. The molecule has 1 N–H and O–H groups in total. The summed E-state index contributed by atoms with van der Waals surface area (Å²) in [4.78, 5) is 6.75. The Kier molecular flexibility index (Phi) is 5.37. The van der Waals surface area contributed by atoms with Gasteiger partial charge in [0.2, 0.25) is 0 Å². The molecule has 2 aliphatic heterocycles. The highest BCUT2D eigenvalue weighted by Gasteiger charge is 2.63. The van der Waals surface area contributed by atoms with Crippen molar-refractivity contribution in [2.75, 3.05) is 39.8 Å². The molecule has 2 bridgehead atoms. The molecule has 1 aromatic heterocycles. The topological polar surface area (TPSA) is 35.9 Å². The summed E-state index contributed by atoms with van der Waals surface area (Å²) in [5.74, 6) is 1.79. The molecule has 4 aliphatic rings. The van der Waals surface area contributed by atoms with Crippen LogP contribution in [0.5, 0.6) is 5.75 Å². The Labute approximate surface area is 196 Å². The van der Waals surface area contributed by atoms with E-state index in [1.54, 1.807) is 7.11 Å². The molecule has 5 heteroatoms. The minimum atomic E-state index is -0.656. The molecule has 6 rings (SSSR count). The molecule has 4 nitrogen and oxygen atoms in total. The Hall–Kier alpha value is -1.40. The molecule has 3 heterocycles. The van der Waals surface area contributed by atoms with Crippen molar-refractivity contribution >= 4 is 11.3 Å². The summed E-state index contributed by atoms with van der Waals surface area (Å²) in [6, 6.07) is 11.3. The second-order valence-corrected chi connectivity index (χ2v) is 11.6. The summed E-state index contributed by atoms with van der Waals surface area (Å²) in [5, 5.41) is 14.8. The van der Waals surface area contributed by atoms with Gasteiger partial charge in [-0.05, 0) is 98.7 Å². The lowest BCUT2D eigenvalue weighted by atomic mass is 9.52. The molecule has 3 fully saturated rings. The van der Waals surface area contributed by atoms with Crippen LogP contribution >= 0.6 is 11.3 Å². The largest absolute Gasteiger partial charge is 0.497 e. The monoisotopic (exact) mass is 452 g/mol. The van der Waals surface area contributed by atoms with Crippen LogP contribution in [0.1, 0.15) is 48.1 Å². The molecular weight excluding hydrogens is 416 g/mol. The Morgan fingerprint density at radius 3 is 2.75 bits per heavy atom. The van der Waals surface area contributed by atoms with Crippen molar-refractivity contribution in [3.05, 3.63) is 51.7 Å². The average Bonchev–Trinajstić information content (AvgIpc) is 3.50. The minimum absolute atomic E-state index is 0.155. The molecule has 32 heavy (non-hydrogen) atoms. The number of ether oxygens (including phenoxy) is 1. The van der Waals surface area contributed by atoms with Crippen LogP contribution < -0.4 is 4.74 Å². The molecule has 2 aromatic rings. The summed E-state index contributed by atoms with van der Waals surface area (Å²) in [7, 11) is 1.76. The van der Waals surface area contributed by atoms with Gasteiger partial charge in [0.1, 0.15) is 5.75 Å². The maximum Gasteiger partial charge on any atom is 0.119 e. The summed E-state index contributed by atoms with van der Waals surface area (Å²) >= 11 is 1.86. The quantitative estimate of drug-likeness (QED) is 0.716. The van der Waals surface area contributed by atoms with E-state index in [1.807, 2.05) is 11.3 Å². The fourth-order valence-corrected chi connectivity index (χ4v) is 7.67. The predicted octanol–water partition coefficient (Wildman–Crippen LogP) is 4.10. The molecule has 2 aliphatic carbocycles. The SMILES string of the molecule is COc1ccc2c(c1)[C@@]13CCN(CCc4cccs4)CC[C@@]1(O)[C@@H](C2)N(CC1CC1)CC3. The molecule has 1 aromatic carbocycles. The second kappa shape index (κ2) is 8.12. The molecule has 3 atom stereocenters. The van der Waals surface area contributed by atoms with Crippen molar-refractivity contribution in [3.8, 4) is 5.75 Å². The lowest BCUT2D eigenvalue weighted by Crippen LogP contribution is -2.71. The van der Waals surface area contributed by atoms with Crippen molar-refractivity contribution in [3.63, 3.8) is 0 Å². The number of thiophene rings is 1. The summed E-state index contributed by atoms with van der Waals surface area (Å²) in [6.45, 7) is 5.45. The van der Waals surface area contributed by atoms with E-state index in [9.17, 15) is 5.11 Å². The van der Waals surface area contributed by atoms with Crippen LogP contribution in [0.25, 0.3) is 0 Å². The lowest BCUT2D eigenvalue weighted by Gasteiger charge is -2.61. The zero-order chi connectivity index (χ0) is 21.8. The van der Waals surface area contributed by atoms with Crippen LogP contribution in [0.15, 0.2) is 35.7 Å². The van der Waals surface area contributed by atoms with Crippen LogP contribution in [0.3, 0.4) is 0 Å². The number of piperidine rings is 1. The number of fused-ring (bicyclic) bond motifs is 1. The Morgan fingerprint density at radius 2 is 1.97 bits per heavy atom. The van der Waals surface area contributed by atoms with E-state index < -0.39 is 5.60 Å². The van der Waals surface area contributed by atoms with Gasteiger partial charge in [-0.25, -0.2) is 0 Å². The van der Waals surface area contributed by atoms with Crippen molar-refractivity contribution in [1.29, 1.82) is 0 Å². The van der Waals surface area contributed by atoms with Gasteiger partial charge in [0.15, 0.2) is 0 Å². The first-order valence-electron chi connectivity index (χ1n) is 12.5. The summed E-state index contributed by atoms with van der Waals surface area (Å²) in [5.41, 5.74) is 2.00. The normalized spacial score (nSPS) is 32.8. The number of benzene rings is 1. The third kappa shape index (κ3) is 3.44. The summed E-state index contributed by atoms with van der Waals surface area (Å²) in [6.07, 6.45) is 7.81. The first-order valence-corrected chi connectivity index (χ1v) is 13.4. The average molecular weight is 453 g/mol. The fourth-order valence-electron chi connectivity index (χ4n) is 6.98. The minimum Gasteiger partial charge on any atom is -0.497 e. The Morgan fingerprint density at radius 1 is 1.12 bits per heavy atom. The first kappa shape index (κ1) is 21.2. The van der Waals surface area contributed by atoms with Crippen LogP contribution in [0, 0.1) is 5.92 Å². The van der Waals surface area contributed by atoms with Crippen molar-refractivity contribution < 1.29 is 9.84 Å². The molecule has 0 unspecified atom stereocenters. The van der Waals surface area contributed by atoms with Crippen LogP contribution in [-0.4, -0.2) is 66.4 Å². The molecular formula is C27H36N2O2S. The molecule has 1 saturated carbocycles. The lowest BCUT2D eigenvalue weighted by molar-refractivity contribution is -0.149. The smallest absolute Gasteiger partial charge is 0.119 e. The van der Waals surface area contributed by atoms with E-state index in [4.69, 9.17) is 4.74 Å². The van der Waals surface area contributed by atoms with Gasteiger partial charge in [-0.3, -0.25) is 4.90 Å². The first-order chi connectivity index (χ1) is 15.6. The van der Waals surface area contributed by atoms with E-state index >= 15 is 0 Å². The van der Waals surface area contributed by atoms with Gasteiger partial charge in [0.25, 0.3) is 0 Å². The molecule has 172 valence electrons. The molecule has 0 spiro atoms. The number of methoxy groups -OCH3 is 1. The highest BCUT2D eigenvalue weighted by molar-refractivity contribution is 7.09. The Balaban J connectivity index is 1.34. The van der Waals surface area contributed by atoms with Crippen LogP contribution in [0.2, 0.25) is 0 Å². The third-order valence-corrected chi connectivity index (χ3v) is 9.94. The standard InChI is InChI=1S/C27H36N2O2S/c1-31-22-7-6-21-17-25-27(30)11-14-28(12-8-23-3-2-16-32-23)13-9-26(27,24(21)18-22)10-15-29(25)19-20-4-5-20/h2-3,6-7,16,18,20,25,30H,4-5,8-15,17,19H2,1H3/t25-,26+,27-/m1/s1. The second-order valence-electron chi connectivity index (χ2n) is 10.6. The van der Waals surface area contributed by atoms with Gasteiger partial charge >= 0.3 is 0 Å². The van der Waals surface area contributed by atoms with Crippen LogP contribution in [-0.2, 0) is 18.3 Å². The van der Waals surface area contributed by atoms with E-state index in [-0.39, 0.29) is 11.5 Å². The van der Waals surface area contributed by atoms with Gasteiger partial charge in [0, 0.05) is 36.0 Å². The Bertz CT molecular complexity index is 959. The van der Waals surface area contributed by atoms with Gasteiger partial charge in [0.05, 0.1) is 12.7 Å². The number of rotatable bonds is 6. The zero-order valence-electron chi connectivity index (χ0n) is 19.3. The zero-order valence-corrected chi connectivity index (χ0v) is 20.1. The highest BCUT2D eigenvalue weighted by atomic mass is 32.1. The molecule has 0 radical (unpaired) electrons. The molecule has 0 amide bonds. The van der Waals surface area contributed by atoms with Gasteiger partial charge in [-0.2, -0.15) is 0 Å². The fraction of sp³-hybridized carbons (Fsp3) is 0.630.